The van der Waals surface area contributed by atoms with E-state index in [1.165, 1.54) is 19.2 Å². The normalized spacial score (nSPS) is 15.0. The fourth-order valence-electron chi connectivity index (χ4n) is 2.84. The Labute approximate surface area is 145 Å². The summed E-state index contributed by atoms with van der Waals surface area (Å²) in [5.41, 5.74) is 0.839. The first-order valence-electron chi connectivity index (χ1n) is 8.16. The molecule has 0 N–H and O–H groups in total. The van der Waals surface area contributed by atoms with E-state index in [-0.39, 0.29) is 17.3 Å². The van der Waals surface area contributed by atoms with Gasteiger partial charge in [-0.3, -0.25) is 14.6 Å². The van der Waals surface area contributed by atoms with Gasteiger partial charge in [-0.2, -0.15) is 0 Å². The zero-order valence-electron chi connectivity index (χ0n) is 14.0. The average molecular weight is 342 g/mol. The van der Waals surface area contributed by atoms with Crippen molar-refractivity contribution in [3.8, 4) is 0 Å². The van der Waals surface area contributed by atoms with Gasteiger partial charge in [0.15, 0.2) is 5.78 Å². The quantitative estimate of drug-likeness (QED) is 0.800. The molecule has 25 heavy (non-hydrogen) atoms. The summed E-state index contributed by atoms with van der Waals surface area (Å²) in [6.07, 6.45) is 4.82. The van der Waals surface area contributed by atoms with E-state index >= 15 is 0 Å². The molecule has 6 nitrogen and oxygen atoms in total. The standard InChI is InChI=1S/C18H19FN4O2/c1-13(24)14-3-4-17(21-11-14)22-5-2-6-23(8-7-22)18(25)15-9-16(19)12-20-10-15/h3-4,9-12H,2,5-8H2,1H3. The van der Waals surface area contributed by atoms with Gasteiger partial charge in [0.1, 0.15) is 11.6 Å². The van der Waals surface area contributed by atoms with Gasteiger partial charge in [0, 0.05) is 44.1 Å². The Balaban J connectivity index is 1.67. The SMILES string of the molecule is CC(=O)c1ccc(N2CCCN(C(=O)c3cncc(F)c3)CC2)nc1. The first kappa shape index (κ1) is 17.0. The Morgan fingerprint density at radius 1 is 1.04 bits per heavy atom. The lowest BCUT2D eigenvalue weighted by atomic mass is 10.2. The van der Waals surface area contributed by atoms with E-state index in [0.717, 1.165) is 25.0 Å². The van der Waals surface area contributed by atoms with Crippen LogP contribution in [-0.4, -0.2) is 52.7 Å². The molecule has 0 atom stereocenters. The second-order valence-corrected chi connectivity index (χ2v) is 5.99. The van der Waals surface area contributed by atoms with E-state index in [9.17, 15) is 14.0 Å². The molecule has 130 valence electrons. The summed E-state index contributed by atoms with van der Waals surface area (Å²) in [7, 11) is 0. The average Bonchev–Trinajstić information content (AvgIpc) is 2.87. The topological polar surface area (TPSA) is 66.4 Å². The number of anilines is 1. The van der Waals surface area contributed by atoms with Gasteiger partial charge in [0.05, 0.1) is 11.8 Å². The second-order valence-electron chi connectivity index (χ2n) is 5.99. The second kappa shape index (κ2) is 7.38. The molecular weight excluding hydrogens is 323 g/mol. The Morgan fingerprint density at radius 3 is 2.56 bits per heavy atom. The van der Waals surface area contributed by atoms with Crippen molar-refractivity contribution in [3.05, 3.63) is 53.7 Å². The number of hydrogen-bond donors (Lipinski definition) is 0. The molecule has 3 rings (SSSR count). The van der Waals surface area contributed by atoms with Crippen LogP contribution in [-0.2, 0) is 0 Å². The zero-order valence-corrected chi connectivity index (χ0v) is 14.0. The Morgan fingerprint density at radius 2 is 1.88 bits per heavy atom. The minimum Gasteiger partial charge on any atom is -0.355 e. The van der Waals surface area contributed by atoms with Crippen LogP contribution in [0.25, 0.3) is 0 Å². The van der Waals surface area contributed by atoms with Crippen molar-refractivity contribution in [2.24, 2.45) is 0 Å². The molecular formula is C18H19FN4O2. The molecule has 1 amide bonds. The van der Waals surface area contributed by atoms with Crippen LogP contribution in [0.5, 0.6) is 0 Å². The number of halogens is 1. The maximum atomic E-state index is 13.3. The first-order chi connectivity index (χ1) is 12.0. The van der Waals surface area contributed by atoms with Crippen molar-refractivity contribution in [1.29, 1.82) is 0 Å². The van der Waals surface area contributed by atoms with Crippen LogP contribution >= 0.6 is 0 Å². The van der Waals surface area contributed by atoms with Gasteiger partial charge in [0.25, 0.3) is 5.91 Å². The Bertz CT molecular complexity index is 779. The summed E-state index contributed by atoms with van der Waals surface area (Å²) >= 11 is 0. The number of carbonyl (C=O) groups excluding carboxylic acids is 2. The predicted molar refractivity (Wildman–Crippen MR) is 91.2 cm³/mol. The molecule has 2 aromatic rings. The molecule has 1 fully saturated rings. The van der Waals surface area contributed by atoms with Crippen molar-refractivity contribution < 1.29 is 14.0 Å². The van der Waals surface area contributed by atoms with Gasteiger partial charge in [-0.1, -0.05) is 0 Å². The van der Waals surface area contributed by atoms with Gasteiger partial charge in [-0.05, 0) is 31.5 Å². The van der Waals surface area contributed by atoms with Gasteiger partial charge in [-0.25, -0.2) is 9.37 Å². The van der Waals surface area contributed by atoms with Crippen molar-refractivity contribution in [3.63, 3.8) is 0 Å². The van der Waals surface area contributed by atoms with Crippen LogP contribution in [0, 0.1) is 5.82 Å². The minimum atomic E-state index is -0.517. The third-order valence-electron chi connectivity index (χ3n) is 4.21. The van der Waals surface area contributed by atoms with E-state index in [1.54, 1.807) is 17.2 Å². The van der Waals surface area contributed by atoms with Crippen LogP contribution in [0.3, 0.4) is 0 Å². The number of pyridine rings is 2. The molecule has 0 bridgehead atoms. The van der Waals surface area contributed by atoms with Crippen molar-refractivity contribution in [1.82, 2.24) is 14.9 Å². The summed E-state index contributed by atoms with van der Waals surface area (Å²) in [4.78, 5) is 35.7. The number of carbonyl (C=O) groups is 2. The summed E-state index contributed by atoms with van der Waals surface area (Å²) in [5.74, 6) is 0.0351. The molecule has 0 saturated carbocycles. The highest BCUT2D eigenvalue weighted by molar-refractivity contribution is 5.94. The predicted octanol–water partition coefficient (Wildman–Crippen LogP) is 2.17. The highest BCUT2D eigenvalue weighted by Gasteiger charge is 2.21. The van der Waals surface area contributed by atoms with Crippen LogP contribution < -0.4 is 4.90 Å². The van der Waals surface area contributed by atoms with Gasteiger partial charge >= 0.3 is 0 Å². The lowest BCUT2D eigenvalue weighted by Crippen LogP contribution is -2.35. The molecule has 0 unspecified atom stereocenters. The number of hydrogen-bond acceptors (Lipinski definition) is 5. The molecule has 3 heterocycles. The molecule has 0 aromatic carbocycles. The molecule has 0 spiro atoms. The monoisotopic (exact) mass is 342 g/mol. The number of rotatable bonds is 3. The highest BCUT2D eigenvalue weighted by Crippen LogP contribution is 2.16. The summed E-state index contributed by atoms with van der Waals surface area (Å²) in [5, 5.41) is 0. The van der Waals surface area contributed by atoms with Crippen LogP contribution in [0.2, 0.25) is 0 Å². The van der Waals surface area contributed by atoms with Crippen LogP contribution in [0.4, 0.5) is 10.2 Å². The molecule has 1 saturated heterocycles. The Hall–Kier alpha value is -2.83. The molecule has 1 aliphatic rings. The third kappa shape index (κ3) is 3.99. The first-order valence-corrected chi connectivity index (χ1v) is 8.16. The molecule has 2 aromatic heterocycles. The van der Waals surface area contributed by atoms with Crippen LogP contribution in [0.15, 0.2) is 36.8 Å². The lowest BCUT2D eigenvalue weighted by molar-refractivity contribution is 0.0765. The number of nitrogens with zero attached hydrogens (tertiary/aromatic N) is 4. The summed E-state index contributed by atoms with van der Waals surface area (Å²) in [6, 6.07) is 4.79. The van der Waals surface area contributed by atoms with E-state index in [1.807, 2.05) is 6.07 Å². The third-order valence-corrected chi connectivity index (χ3v) is 4.21. The number of ketones is 1. The van der Waals surface area contributed by atoms with Crippen molar-refractivity contribution >= 4 is 17.5 Å². The summed E-state index contributed by atoms with van der Waals surface area (Å²) < 4.78 is 13.3. The van der Waals surface area contributed by atoms with Crippen molar-refractivity contribution in [2.45, 2.75) is 13.3 Å². The highest BCUT2D eigenvalue weighted by atomic mass is 19.1. The largest absolute Gasteiger partial charge is 0.355 e. The maximum Gasteiger partial charge on any atom is 0.255 e. The van der Waals surface area contributed by atoms with Gasteiger partial charge in [0.2, 0.25) is 0 Å². The van der Waals surface area contributed by atoms with Gasteiger partial charge in [-0.15, -0.1) is 0 Å². The molecule has 1 aliphatic heterocycles. The maximum absolute atomic E-state index is 13.3. The fourth-order valence-corrected chi connectivity index (χ4v) is 2.84. The smallest absolute Gasteiger partial charge is 0.255 e. The van der Waals surface area contributed by atoms with E-state index < -0.39 is 5.82 Å². The van der Waals surface area contributed by atoms with E-state index in [2.05, 4.69) is 14.9 Å². The van der Waals surface area contributed by atoms with E-state index in [4.69, 9.17) is 0 Å². The zero-order chi connectivity index (χ0) is 17.8. The molecule has 0 radical (unpaired) electrons. The fraction of sp³-hybridized carbons (Fsp3) is 0.333. The number of Topliss-reactive ketones (excluding diaryl/α,β-unsaturated/α-hetero) is 1. The number of amides is 1. The van der Waals surface area contributed by atoms with Gasteiger partial charge < -0.3 is 9.80 Å². The summed E-state index contributed by atoms with van der Waals surface area (Å²) in [6.45, 7) is 4.01. The Kier molecular flexibility index (Phi) is 5.02. The van der Waals surface area contributed by atoms with Crippen molar-refractivity contribution in [2.75, 3.05) is 31.1 Å². The number of aromatic nitrogens is 2. The lowest BCUT2D eigenvalue weighted by Gasteiger charge is -2.23. The van der Waals surface area contributed by atoms with E-state index in [0.29, 0.717) is 25.2 Å². The molecule has 7 heteroatoms. The molecule has 0 aliphatic carbocycles. The van der Waals surface area contributed by atoms with Crippen LogP contribution in [0.1, 0.15) is 34.1 Å². The minimum absolute atomic E-state index is 0.0182.